The third-order valence-electron chi connectivity index (χ3n) is 6.20. The number of nitrogens with one attached hydrogen (secondary N) is 1. The van der Waals surface area contributed by atoms with E-state index in [0.29, 0.717) is 31.7 Å². The van der Waals surface area contributed by atoms with Gasteiger partial charge in [-0.15, -0.1) is 4.40 Å². The van der Waals surface area contributed by atoms with Crippen LogP contribution in [0.2, 0.25) is 0 Å². The van der Waals surface area contributed by atoms with E-state index in [9.17, 15) is 18.0 Å². The van der Waals surface area contributed by atoms with Crippen LogP contribution >= 0.6 is 0 Å². The van der Waals surface area contributed by atoms with Gasteiger partial charge in [0.05, 0.1) is 6.54 Å². The second-order valence-corrected chi connectivity index (χ2v) is 9.97. The molecule has 0 spiro atoms. The molecule has 0 atom stereocenters. The first-order valence-electron chi connectivity index (χ1n) is 10.8. The molecule has 3 aliphatic rings. The van der Waals surface area contributed by atoms with Gasteiger partial charge >= 0.3 is 6.03 Å². The average molecular weight is 448 g/mol. The molecule has 2 aliphatic heterocycles. The van der Waals surface area contributed by atoms with Gasteiger partial charge in [0.1, 0.15) is 4.90 Å². The van der Waals surface area contributed by atoms with Gasteiger partial charge < -0.3 is 20.0 Å². The first-order valence-corrected chi connectivity index (χ1v) is 12.3. The van der Waals surface area contributed by atoms with E-state index in [1.54, 1.807) is 39.9 Å². The Morgan fingerprint density at radius 3 is 2.42 bits per heavy atom. The Kier molecular flexibility index (Phi) is 6.17. The summed E-state index contributed by atoms with van der Waals surface area (Å²) in [5, 5.41) is 3.12. The van der Waals surface area contributed by atoms with Gasteiger partial charge in [-0.1, -0.05) is 31.4 Å². The fourth-order valence-corrected chi connectivity index (χ4v) is 5.66. The summed E-state index contributed by atoms with van der Waals surface area (Å²) in [6.07, 6.45) is 5.65. The maximum Gasteiger partial charge on any atom is 0.317 e. The molecule has 2 fully saturated rings. The van der Waals surface area contributed by atoms with Crippen molar-refractivity contribution >= 4 is 27.8 Å². The van der Waals surface area contributed by atoms with Gasteiger partial charge in [-0.2, -0.15) is 8.42 Å². The SMILES string of the molecule is CN(CC(=O)N1CCN(C(=O)NC2CCCCC2)CC1)C1=NS(=O)(=O)c2ccccc21. The van der Waals surface area contributed by atoms with E-state index in [0.717, 1.165) is 25.7 Å². The highest BCUT2D eigenvalue weighted by atomic mass is 32.2. The van der Waals surface area contributed by atoms with Gasteiger partial charge in [-0.25, -0.2) is 4.79 Å². The van der Waals surface area contributed by atoms with Crippen LogP contribution in [0.25, 0.3) is 0 Å². The van der Waals surface area contributed by atoms with Gasteiger partial charge in [0.2, 0.25) is 5.91 Å². The Balaban J connectivity index is 1.30. The minimum Gasteiger partial charge on any atom is -0.349 e. The number of likely N-dealkylation sites (N-methyl/N-ethyl adjacent to an activating group) is 1. The van der Waals surface area contributed by atoms with Crippen molar-refractivity contribution in [3.05, 3.63) is 29.8 Å². The van der Waals surface area contributed by atoms with E-state index in [1.165, 1.54) is 12.5 Å². The van der Waals surface area contributed by atoms with Crippen LogP contribution in [0.5, 0.6) is 0 Å². The predicted octanol–water partition coefficient (Wildman–Crippen LogP) is 1.25. The van der Waals surface area contributed by atoms with Gasteiger partial charge in [-0.3, -0.25) is 4.79 Å². The van der Waals surface area contributed by atoms with Gasteiger partial charge in [0.25, 0.3) is 10.0 Å². The van der Waals surface area contributed by atoms with Crippen molar-refractivity contribution in [1.29, 1.82) is 0 Å². The number of piperazine rings is 1. The summed E-state index contributed by atoms with van der Waals surface area (Å²) in [5.41, 5.74) is 0.516. The van der Waals surface area contributed by atoms with Crippen LogP contribution in [0, 0.1) is 0 Å². The van der Waals surface area contributed by atoms with E-state index >= 15 is 0 Å². The van der Waals surface area contributed by atoms with E-state index in [-0.39, 0.29) is 35.3 Å². The van der Waals surface area contributed by atoms with Gasteiger partial charge in [0.15, 0.2) is 5.84 Å². The maximum absolute atomic E-state index is 12.8. The highest BCUT2D eigenvalue weighted by Gasteiger charge is 2.32. The van der Waals surface area contributed by atoms with Gasteiger partial charge in [0, 0.05) is 44.8 Å². The van der Waals surface area contributed by atoms with Crippen molar-refractivity contribution in [3.63, 3.8) is 0 Å². The molecule has 0 bridgehead atoms. The van der Waals surface area contributed by atoms with Crippen molar-refractivity contribution in [3.8, 4) is 0 Å². The second kappa shape index (κ2) is 8.86. The summed E-state index contributed by atoms with van der Waals surface area (Å²) in [5.74, 6) is 0.175. The number of urea groups is 1. The Labute approximate surface area is 183 Å². The first-order chi connectivity index (χ1) is 14.8. The molecule has 9 nitrogen and oxygen atoms in total. The lowest BCUT2D eigenvalue weighted by molar-refractivity contribution is -0.132. The van der Waals surface area contributed by atoms with E-state index in [2.05, 4.69) is 9.71 Å². The summed E-state index contributed by atoms with van der Waals surface area (Å²) in [6.45, 7) is 1.94. The molecule has 168 valence electrons. The third kappa shape index (κ3) is 4.68. The Hall–Kier alpha value is -2.62. The quantitative estimate of drug-likeness (QED) is 0.751. The minimum atomic E-state index is -3.72. The predicted molar refractivity (Wildman–Crippen MR) is 116 cm³/mol. The molecular formula is C21H29N5O4S. The lowest BCUT2D eigenvalue weighted by atomic mass is 9.96. The fraction of sp³-hybridized carbons (Fsp3) is 0.571. The van der Waals surface area contributed by atoms with Crippen LogP contribution in [0.15, 0.2) is 33.6 Å². The Morgan fingerprint density at radius 2 is 1.71 bits per heavy atom. The van der Waals surface area contributed by atoms with Crippen molar-refractivity contribution in [2.24, 2.45) is 4.40 Å². The summed E-state index contributed by atoms with van der Waals surface area (Å²) in [4.78, 5) is 30.5. The average Bonchev–Trinajstić information content (AvgIpc) is 3.06. The Morgan fingerprint density at radius 1 is 1.06 bits per heavy atom. The molecule has 4 rings (SSSR count). The normalized spacial score (nSPS) is 20.7. The molecule has 0 aromatic heterocycles. The molecule has 0 unspecified atom stereocenters. The number of fused-ring (bicyclic) bond motifs is 1. The molecular weight excluding hydrogens is 418 g/mol. The molecule has 1 aromatic rings. The fourth-order valence-electron chi connectivity index (χ4n) is 4.41. The van der Waals surface area contributed by atoms with Gasteiger partial charge in [-0.05, 0) is 25.0 Å². The second-order valence-electron chi connectivity index (χ2n) is 8.39. The highest BCUT2D eigenvalue weighted by Crippen LogP contribution is 2.27. The summed E-state index contributed by atoms with van der Waals surface area (Å²) in [7, 11) is -2.05. The van der Waals surface area contributed by atoms with E-state index in [4.69, 9.17) is 0 Å². The molecule has 1 aromatic carbocycles. The number of amides is 3. The number of rotatable bonds is 3. The van der Waals surface area contributed by atoms with Crippen LogP contribution in [-0.4, -0.2) is 86.7 Å². The number of hydrogen-bond donors (Lipinski definition) is 1. The van der Waals surface area contributed by atoms with Crippen LogP contribution in [0.4, 0.5) is 4.79 Å². The molecule has 10 heteroatoms. The molecule has 2 heterocycles. The zero-order valence-corrected chi connectivity index (χ0v) is 18.6. The summed E-state index contributed by atoms with van der Waals surface area (Å²) >= 11 is 0. The molecule has 3 amide bonds. The van der Waals surface area contributed by atoms with Crippen LogP contribution in [-0.2, 0) is 14.8 Å². The standard InChI is InChI=1S/C21H29N5O4S/c1-24(20-17-9-5-6-10-18(17)31(29,30)23-20)15-19(27)25-11-13-26(14-12-25)21(28)22-16-7-3-2-4-8-16/h5-6,9-10,16H,2-4,7-8,11-15H2,1H3,(H,22,28). The molecule has 0 radical (unpaired) electrons. The number of hydrogen-bond acceptors (Lipinski definition) is 5. The number of carbonyl (C=O) groups excluding carboxylic acids is 2. The monoisotopic (exact) mass is 447 g/mol. The molecule has 1 N–H and O–H groups in total. The number of amidine groups is 1. The minimum absolute atomic E-state index is 0.0248. The number of sulfonamides is 1. The van der Waals surface area contributed by atoms with Crippen molar-refractivity contribution in [1.82, 2.24) is 20.0 Å². The number of carbonyl (C=O) groups is 2. The molecule has 1 saturated heterocycles. The first kappa shape index (κ1) is 21.6. The van der Waals surface area contributed by atoms with Crippen LogP contribution in [0.1, 0.15) is 37.7 Å². The summed E-state index contributed by atoms with van der Waals surface area (Å²) in [6, 6.07) is 6.85. The maximum atomic E-state index is 12.8. The number of nitrogens with zero attached hydrogens (tertiary/aromatic N) is 4. The highest BCUT2D eigenvalue weighted by molar-refractivity contribution is 7.90. The largest absolute Gasteiger partial charge is 0.349 e. The molecule has 1 saturated carbocycles. The van der Waals surface area contributed by atoms with Crippen LogP contribution in [0.3, 0.4) is 0 Å². The third-order valence-corrected chi connectivity index (χ3v) is 7.52. The topological polar surface area (TPSA) is 102 Å². The van der Waals surface area contributed by atoms with Crippen molar-refractivity contribution in [2.45, 2.75) is 43.0 Å². The number of benzene rings is 1. The summed E-state index contributed by atoms with van der Waals surface area (Å²) < 4.78 is 28.4. The van der Waals surface area contributed by atoms with Crippen molar-refractivity contribution < 1.29 is 18.0 Å². The zero-order chi connectivity index (χ0) is 22.0. The lowest BCUT2D eigenvalue weighted by Gasteiger charge is -2.36. The van der Waals surface area contributed by atoms with Crippen LogP contribution < -0.4 is 5.32 Å². The van der Waals surface area contributed by atoms with E-state index in [1.807, 2.05) is 0 Å². The zero-order valence-electron chi connectivity index (χ0n) is 17.8. The Bertz CT molecular complexity index is 979. The lowest BCUT2D eigenvalue weighted by Crippen LogP contribution is -2.55. The molecule has 1 aliphatic carbocycles. The van der Waals surface area contributed by atoms with E-state index < -0.39 is 10.0 Å². The smallest absolute Gasteiger partial charge is 0.317 e. The van der Waals surface area contributed by atoms with Crippen molar-refractivity contribution in [2.75, 3.05) is 39.8 Å². The molecule has 31 heavy (non-hydrogen) atoms.